The van der Waals surface area contributed by atoms with E-state index in [2.05, 4.69) is 10.3 Å². The lowest BCUT2D eigenvalue weighted by Crippen LogP contribution is -2.12. The molecule has 0 atom stereocenters. The molecule has 3 aromatic carbocycles. The summed E-state index contributed by atoms with van der Waals surface area (Å²) in [5.41, 5.74) is 3.88. The SMILES string of the molecule is CS(=O)(=O)c1ccc(C(=O)Nc2ccc(-n3cnc4ccccc43)cc2)cc1. The van der Waals surface area contributed by atoms with Crippen LogP contribution in [0.4, 0.5) is 5.69 Å². The number of sulfone groups is 1. The second kappa shape index (κ2) is 6.94. The van der Waals surface area contributed by atoms with Crippen molar-refractivity contribution in [2.24, 2.45) is 0 Å². The monoisotopic (exact) mass is 391 g/mol. The second-order valence-corrected chi connectivity index (χ2v) is 8.42. The molecule has 140 valence electrons. The quantitative estimate of drug-likeness (QED) is 0.575. The summed E-state index contributed by atoms with van der Waals surface area (Å²) >= 11 is 0. The average Bonchev–Trinajstić information content (AvgIpc) is 3.12. The van der Waals surface area contributed by atoms with Crippen molar-refractivity contribution < 1.29 is 13.2 Å². The molecule has 0 unspecified atom stereocenters. The van der Waals surface area contributed by atoms with Crippen LogP contribution in [0.1, 0.15) is 10.4 Å². The predicted octanol–water partition coefficient (Wildman–Crippen LogP) is 3.68. The Hall–Kier alpha value is -3.45. The molecular formula is C21H17N3O3S. The van der Waals surface area contributed by atoms with Gasteiger partial charge in [0.15, 0.2) is 9.84 Å². The van der Waals surface area contributed by atoms with Crippen LogP contribution in [0, 0.1) is 0 Å². The van der Waals surface area contributed by atoms with Crippen LogP contribution in [0.15, 0.2) is 84.0 Å². The van der Waals surface area contributed by atoms with E-state index in [1.54, 1.807) is 6.33 Å². The van der Waals surface area contributed by atoms with Gasteiger partial charge in [-0.3, -0.25) is 9.36 Å². The fourth-order valence-electron chi connectivity index (χ4n) is 2.93. The number of carbonyl (C=O) groups is 1. The van der Waals surface area contributed by atoms with Gasteiger partial charge in [-0.2, -0.15) is 0 Å². The molecule has 0 bridgehead atoms. The third-order valence-electron chi connectivity index (χ3n) is 4.40. The van der Waals surface area contributed by atoms with E-state index >= 15 is 0 Å². The van der Waals surface area contributed by atoms with Crippen LogP contribution in [-0.2, 0) is 9.84 Å². The summed E-state index contributed by atoms with van der Waals surface area (Å²) in [7, 11) is -3.29. The van der Waals surface area contributed by atoms with E-state index in [9.17, 15) is 13.2 Å². The molecule has 7 heteroatoms. The van der Waals surface area contributed by atoms with Crippen LogP contribution in [0.5, 0.6) is 0 Å². The lowest BCUT2D eigenvalue weighted by molar-refractivity contribution is 0.102. The molecule has 0 saturated carbocycles. The highest BCUT2D eigenvalue weighted by Gasteiger charge is 2.10. The second-order valence-electron chi connectivity index (χ2n) is 6.40. The third kappa shape index (κ3) is 3.52. The van der Waals surface area contributed by atoms with Crippen molar-refractivity contribution in [3.63, 3.8) is 0 Å². The Morgan fingerprint density at radius 1 is 0.929 bits per heavy atom. The van der Waals surface area contributed by atoms with Crippen molar-refractivity contribution in [1.29, 1.82) is 0 Å². The minimum absolute atomic E-state index is 0.181. The summed E-state index contributed by atoms with van der Waals surface area (Å²) in [6, 6.07) is 21.1. The third-order valence-corrected chi connectivity index (χ3v) is 5.53. The Balaban J connectivity index is 1.52. The number of rotatable bonds is 4. The van der Waals surface area contributed by atoms with Crippen molar-refractivity contribution in [2.75, 3.05) is 11.6 Å². The number of nitrogens with zero attached hydrogens (tertiary/aromatic N) is 2. The smallest absolute Gasteiger partial charge is 0.255 e. The Morgan fingerprint density at radius 2 is 1.61 bits per heavy atom. The molecule has 0 saturated heterocycles. The van der Waals surface area contributed by atoms with Gasteiger partial charge in [-0.05, 0) is 60.7 Å². The number of aromatic nitrogens is 2. The number of para-hydroxylation sites is 2. The number of benzene rings is 3. The number of imidazole rings is 1. The van der Waals surface area contributed by atoms with Crippen molar-refractivity contribution in [2.45, 2.75) is 4.90 Å². The Bertz CT molecular complexity index is 1260. The van der Waals surface area contributed by atoms with Crippen LogP contribution in [-0.4, -0.2) is 30.1 Å². The molecule has 4 aromatic rings. The van der Waals surface area contributed by atoms with Crippen molar-refractivity contribution in [3.05, 3.63) is 84.7 Å². The number of carbonyl (C=O) groups excluding carboxylic acids is 1. The largest absolute Gasteiger partial charge is 0.322 e. The van der Waals surface area contributed by atoms with E-state index in [0.717, 1.165) is 23.0 Å². The van der Waals surface area contributed by atoms with Crippen LogP contribution in [0.2, 0.25) is 0 Å². The molecular weight excluding hydrogens is 374 g/mol. The van der Waals surface area contributed by atoms with E-state index in [1.165, 1.54) is 24.3 Å². The minimum atomic E-state index is -3.29. The standard InChI is InChI=1S/C21H17N3O3S/c1-28(26,27)18-12-6-15(7-13-18)21(25)23-16-8-10-17(11-9-16)24-14-22-19-4-2-3-5-20(19)24/h2-14H,1H3,(H,23,25). The fraction of sp³-hybridized carbons (Fsp3) is 0.0476. The van der Waals surface area contributed by atoms with Gasteiger partial charge in [-0.1, -0.05) is 12.1 Å². The first kappa shape index (κ1) is 17.9. The predicted molar refractivity (Wildman–Crippen MR) is 109 cm³/mol. The van der Waals surface area contributed by atoms with Crippen molar-refractivity contribution in [3.8, 4) is 5.69 Å². The summed E-state index contributed by atoms with van der Waals surface area (Å²) in [5, 5.41) is 2.81. The average molecular weight is 391 g/mol. The van der Waals surface area contributed by atoms with Gasteiger partial charge in [0, 0.05) is 23.2 Å². The number of hydrogen-bond acceptors (Lipinski definition) is 4. The number of nitrogens with one attached hydrogen (secondary N) is 1. The summed E-state index contributed by atoms with van der Waals surface area (Å²) < 4.78 is 25.0. The van der Waals surface area contributed by atoms with Gasteiger partial charge in [0.25, 0.3) is 5.91 Å². The topological polar surface area (TPSA) is 81.1 Å². The van der Waals surface area contributed by atoms with Crippen LogP contribution in [0.25, 0.3) is 16.7 Å². The Kier molecular flexibility index (Phi) is 4.44. The molecule has 6 nitrogen and oxygen atoms in total. The van der Waals surface area contributed by atoms with E-state index in [4.69, 9.17) is 0 Å². The summed E-state index contributed by atoms with van der Waals surface area (Å²) in [6.45, 7) is 0. The van der Waals surface area contributed by atoms with Gasteiger partial charge in [-0.15, -0.1) is 0 Å². The molecule has 1 heterocycles. The van der Waals surface area contributed by atoms with Crippen LogP contribution >= 0.6 is 0 Å². The molecule has 0 radical (unpaired) electrons. The highest BCUT2D eigenvalue weighted by Crippen LogP contribution is 2.20. The highest BCUT2D eigenvalue weighted by molar-refractivity contribution is 7.90. The van der Waals surface area contributed by atoms with E-state index in [-0.39, 0.29) is 10.8 Å². The zero-order valence-electron chi connectivity index (χ0n) is 15.0. The number of anilines is 1. The highest BCUT2D eigenvalue weighted by atomic mass is 32.2. The maximum absolute atomic E-state index is 12.4. The van der Waals surface area contributed by atoms with Crippen molar-refractivity contribution >= 4 is 32.5 Å². The molecule has 0 spiro atoms. The number of amides is 1. The minimum Gasteiger partial charge on any atom is -0.322 e. The molecule has 1 N–H and O–H groups in total. The lowest BCUT2D eigenvalue weighted by Gasteiger charge is -2.08. The number of hydrogen-bond donors (Lipinski definition) is 1. The summed E-state index contributed by atoms with van der Waals surface area (Å²) in [6.07, 6.45) is 2.90. The van der Waals surface area contributed by atoms with E-state index in [0.29, 0.717) is 11.3 Å². The molecule has 0 fully saturated rings. The van der Waals surface area contributed by atoms with Gasteiger partial charge < -0.3 is 5.32 Å². The number of fused-ring (bicyclic) bond motifs is 1. The van der Waals surface area contributed by atoms with E-state index in [1.807, 2.05) is 53.1 Å². The van der Waals surface area contributed by atoms with Gasteiger partial charge in [0.1, 0.15) is 6.33 Å². The molecule has 0 aliphatic carbocycles. The molecule has 4 rings (SSSR count). The van der Waals surface area contributed by atoms with Crippen LogP contribution < -0.4 is 5.32 Å². The Morgan fingerprint density at radius 3 is 2.29 bits per heavy atom. The zero-order valence-corrected chi connectivity index (χ0v) is 15.8. The van der Waals surface area contributed by atoms with Gasteiger partial charge in [0.05, 0.1) is 15.9 Å². The van der Waals surface area contributed by atoms with Crippen LogP contribution in [0.3, 0.4) is 0 Å². The van der Waals surface area contributed by atoms with Gasteiger partial charge in [-0.25, -0.2) is 13.4 Å². The first-order valence-corrected chi connectivity index (χ1v) is 10.4. The first-order valence-electron chi connectivity index (χ1n) is 8.56. The van der Waals surface area contributed by atoms with Crippen molar-refractivity contribution in [1.82, 2.24) is 9.55 Å². The maximum Gasteiger partial charge on any atom is 0.255 e. The van der Waals surface area contributed by atoms with E-state index < -0.39 is 9.84 Å². The Labute approximate surface area is 162 Å². The normalized spacial score (nSPS) is 11.5. The molecule has 1 aromatic heterocycles. The lowest BCUT2D eigenvalue weighted by atomic mass is 10.2. The molecule has 1 amide bonds. The van der Waals surface area contributed by atoms with Gasteiger partial charge in [0.2, 0.25) is 0 Å². The summed E-state index contributed by atoms with van der Waals surface area (Å²) in [5.74, 6) is -0.305. The van der Waals surface area contributed by atoms with Gasteiger partial charge >= 0.3 is 0 Å². The summed E-state index contributed by atoms with van der Waals surface area (Å²) in [4.78, 5) is 16.9. The fourth-order valence-corrected chi connectivity index (χ4v) is 3.56. The molecule has 0 aliphatic rings. The maximum atomic E-state index is 12.4. The zero-order chi connectivity index (χ0) is 19.7. The molecule has 0 aliphatic heterocycles. The molecule has 28 heavy (non-hydrogen) atoms. The first-order chi connectivity index (χ1) is 13.4.